The molecule has 140 valence electrons. The van der Waals surface area contributed by atoms with Crippen LogP contribution in [0.3, 0.4) is 0 Å². The SMILES string of the molecule is CNCCOC/C(=N\O)c1cc(C(=O)O)ccn1.O=C(O)C(F)(F)F. The first-order valence-corrected chi connectivity index (χ1v) is 6.56. The van der Waals surface area contributed by atoms with E-state index in [-0.39, 0.29) is 23.6 Å². The third-order valence-corrected chi connectivity index (χ3v) is 2.40. The number of oxime groups is 1. The van der Waals surface area contributed by atoms with E-state index in [1.807, 2.05) is 0 Å². The van der Waals surface area contributed by atoms with Crippen LogP contribution in [-0.4, -0.2) is 71.0 Å². The Morgan fingerprint density at radius 3 is 2.40 bits per heavy atom. The van der Waals surface area contributed by atoms with E-state index in [2.05, 4.69) is 15.5 Å². The van der Waals surface area contributed by atoms with E-state index in [0.717, 1.165) is 0 Å². The molecule has 0 saturated carbocycles. The minimum atomic E-state index is -5.08. The van der Waals surface area contributed by atoms with Gasteiger partial charge in [-0.1, -0.05) is 5.16 Å². The molecule has 1 aromatic heterocycles. The second-order valence-electron chi connectivity index (χ2n) is 4.24. The lowest BCUT2D eigenvalue weighted by atomic mass is 10.2. The van der Waals surface area contributed by atoms with Crippen molar-refractivity contribution in [2.75, 3.05) is 26.8 Å². The first-order chi connectivity index (χ1) is 11.6. The Hall–Kier alpha value is -2.73. The fraction of sp³-hybridized carbons (Fsp3) is 0.385. The number of hydrogen-bond acceptors (Lipinski definition) is 7. The highest BCUT2D eigenvalue weighted by atomic mass is 19.4. The summed E-state index contributed by atoms with van der Waals surface area (Å²) in [5.41, 5.74) is 0.549. The summed E-state index contributed by atoms with van der Waals surface area (Å²) in [4.78, 5) is 23.6. The lowest BCUT2D eigenvalue weighted by Crippen LogP contribution is -2.21. The number of aromatic nitrogens is 1. The van der Waals surface area contributed by atoms with Crippen molar-refractivity contribution in [3.63, 3.8) is 0 Å². The number of aromatic carboxylic acids is 1. The molecule has 0 aliphatic carbocycles. The first-order valence-electron chi connectivity index (χ1n) is 6.56. The molecule has 9 nitrogen and oxygen atoms in total. The average Bonchev–Trinajstić information content (AvgIpc) is 2.55. The molecule has 0 spiro atoms. The Labute approximate surface area is 139 Å². The number of alkyl halides is 3. The second kappa shape index (κ2) is 10.9. The molecule has 0 aliphatic heterocycles. The Morgan fingerprint density at radius 2 is 1.96 bits per heavy atom. The number of hydrogen-bond donors (Lipinski definition) is 4. The minimum Gasteiger partial charge on any atom is -0.478 e. The highest BCUT2D eigenvalue weighted by molar-refractivity contribution is 6.01. The standard InChI is InChI=1S/C11H15N3O4.C2HF3O2/c1-12-4-5-18-7-10(14-17)9-6-8(11(15)16)2-3-13-9;3-2(4,5)1(6)7/h2-3,6,12,17H,4-5,7H2,1H3,(H,15,16);(H,6,7)/b14-10+;. The maximum atomic E-state index is 10.8. The summed E-state index contributed by atoms with van der Waals surface area (Å²) in [5.74, 6) is -3.82. The number of aliphatic carboxylic acids is 1. The van der Waals surface area contributed by atoms with Crippen LogP contribution in [0.1, 0.15) is 16.1 Å². The number of ether oxygens (including phenoxy) is 1. The summed E-state index contributed by atoms with van der Waals surface area (Å²) in [6.45, 7) is 1.18. The Bertz CT molecular complexity index is 607. The molecule has 0 amide bonds. The molecule has 1 rings (SSSR count). The molecule has 0 fully saturated rings. The van der Waals surface area contributed by atoms with Crippen molar-refractivity contribution in [3.8, 4) is 0 Å². The lowest BCUT2D eigenvalue weighted by Gasteiger charge is -2.06. The Balaban J connectivity index is 0.000000697. The number of carboxylic acids is 2. The zero-order valence-electron chi connectivity index (χ0n) is 12.9. The minimum absolute atomic E-state index is 0.0637. The van der Waals surface area contributed by atoms with Crippen molar-refractivity contribution >= 4 is 17.7 Å². The van der Waals surface area contributed by atoms with Gasteiger partial charge in [0.25, 0.3) is 0 Å². The highest BCUT2D eigenvalue weighted by Crippen LogP contribution is 2.13. The van der Waals surface area contributed by atoms with Crippen LogP contribution in [0.5, 0.6) is 0 Å². The molecule has 4 N–H and O–H groups in total. The van der Waals surface area contributed by atoms with Gasteiger partial charge in [-0.3, -0.25) is 4.98 Å². The number of pyridine rings is 1. The van der Waals surface area contributed by atoms with E-state index < -0.39 is 18.1 Å². The average molecular weight is 367 g/mol. The van der Waals surface area contributed by atoms with E-state index in [4.69, 9.17) is 25.0 Å². The number of nitrogens with zero attached hydrogens (tertiary/aromatic N) is 2. The predicted octanol–water partition coefficient (Wildman–Crippen LogP) is 0.827. The monoisotopic (exact) mass is 367 g/mol. The number of halogens is 3. The predicted molar refractivity (Wildman–Crippen MR) is 78.0 cm³/mol. The van der Waals surface area contributed by atoms with Crippen LogP contribution in [0, 0.1) is 0 Å². The lowest BCUT2D eigenvalue weighted by molar-refractivity contribution is -0.192. The largest absolute Gasteiger partial charge is 0.490 e. The van der Waals surface area contributed by atoms with E-state index >= 15 is 0 Å². The molecule has 0 bridgehead atoms. The third kappa shape index (κ3) is 9.22. The van der Waals surface area contributed by atoms with E-state index in [9.17, 15) is 18.0 Å². The molecule has 0 saturated heterocycles. The van der Waals surface area contributed by atoms with Crippen molar-refractivity contribution in [1.29, 1.82) is 0 Å². The van der Waals surface area contributed by atoms with Crippen molar-refractivity contribution in [2.24, 2.45) is 5.16 Å². The topological polar surface area (TPSA) is 141 Å². The fourth-order valence-corrected chi connectivity index (χ4v) is 1.22. The molecule has 12 heteroatoms. The molecule has 1 heterocycles. The quantitative estimate of drug-likeness (QED) is 0.240. The number of likely N-dealkylation sites (N-methyl/N-ethyl adjacent to an activating group) is 1. The van der Waals surface area contributed by atoms with Crippen molar-refractivity contribution in [3.05, 3.63) is 29.6 Å². The highest BCUT2D eigenvalue weighted by Gasteiger charge is 2.38. The zero-order valence-corrected chi connectivity index (χ0v) is 12.9. The Kier molecular flexibility index (Phi) is 9.74. The van der Waals surface area contributed by atoms with Crippen LogP contribution in [0.4, 0.5) is 13.2 Å². The molecule has 0 aromatic carbocycles. The summed E-state index contributed by atoms with van der Waals surface area (Å²) in [7, 11) is 1.79. The molecule has 0 unspecified atom stereocenters. The normalized spacial score (nSPS) is 11.4. The first kappa shape index (κ1) is 22.3. The summed E-state index contributed by atoms with van der Waals surface area (Å²) in [5, 5.41) is 30.8. The van der Waals surface area contributed by atoms with Crippen molar-refractivity contribution in [2.45, 2.75) is 6.18 Å². The zero-order chi connectivity index (χ0) is 19.5. The van der Waals surface area contributed by atoms with Gasteiger partial charge < -0.3 is 25.5 Å². The van der Waals surface area contributed by atoms with Gasteiger partial charge in [0.05, 0.1) is 24.5 Å². The van der Waals surface area contributed by atoms with Gasteiger partial charge in [-0.25, -0.2) is 9.59 Å². The van der Waals surface area contributed by atoms with E-state index in [0.29, 0.717) is 13.2 Å². The molecule has 0 radical (unpaired) electrons. The van der Waals surface area contributed by atoms with Gasteiger partial charge in [-0.05, 0) is 19.2 Å². The van der Waals surface area contributed by atoms with Crippen molar-refractivity contribution in [1.82, 2.24) is 10.3 Å². The van der Waals surface area contributed by atoms with Gasteiger partial charge in [-0.2, -0.15) is 13.2 Å². The fourth-order valence-electron chi connectivity index (χ4n) is 1.22. The van der Waals surface area contributed by atoms with E-state index in [1.54, 1.807) is 7.05 Å². The Morgan fingerprint density at radius 1 is 1.36 bits per heavy atom. The van der Waals surface area contributed by atoms with Gasteiger partial charge in [0, 0.05) is 12.7 Å². The summed E-state index contributed by atoms with van der Waals surface area (Å²) >= 11 is 0. The van der Waals surface area contributed by atoms with E-state index in [1.165, 1.54) is 18.3 Å². The molecule has 0 atom stereocenters. The molecular weight excluding hydrogens is 351 g/mol. The third-order valence-electron chi connectivity index (χ3n) is 2.40. The van der Waals surface area contributed by atoms with Crippen LogP contribution < -0.4 is 5.32 Å². The number of carbonyl (C=O) groups is 2. The summed E-state index contributed by atoms with van der Waals surface area (Å²) < 4.78 is 37.0. The summed E-state index contributed by atoms with van der Waals surface area (Å²) in [6.07, 6.45) is -3.74. The van der Waals surface area contributed by atoms with Crippen LogP contribution >= 0.6 is 0 Å². The maximum absolute atomic E-state index is 10.8. The molecule has 25 heavy (non-hydrogen) atoms. The van der Waals surface area contributed by atoms with Crippen LogP contribution in [0.15, 0.2) is 23.5 Å². The van der Waals surface area contributed by atoms with Gasteiger partial charge in [0.2, 0.25) is 0 Å². The molecular formula is C13H16F3N3O6. The maximum Gasteiger partial charge on any atom is 0.490 e. The summed E-state index contributed by atoms with van der Waals surface area (Å²) in [6, 6.07) is 2.70. The molecule has 0 aliphatic rings. The molecule has 1 aromatic rings. The number of rotatable bonds is 7. The smallest absolute Gasteiger partial charge is 0.478 e. The van der Waals surface area contributed by atoms with Crippen LogP contribution in [0.2, 0.25) is 0 Å². The number of nitrogens with one attached hydrogen (secondary N) is 1. The second-order valence-corrected chi connectivity index (χ2v) is 4.24. The van der Waals surface area contributed by atoms with Gasteiger partial charge in [0.1, 0.15) is 5.71 Å². The van der Waals surface area contributed by atoms with Gasteiger partial charge in [0.15, 0.2) is 0 Å². The number of carboxylic acid groups (broad SMARTS) is 2. The van der Waals surface area contributed by atoms with Crippen molar-refractivity contribution < 1.29 is 42.9 Å². The van der Waals surface area contributed by atoms with Crippen LogP contribution in [0.25, 0.3) is 0 Å². The van der Waals surface area contributed by atoms with Gasteiger partial charge in [-0.15, -0.1) is 0 Å². The van der Waals surface area contributed by atoms with Gasteiger partial charge >= 0.3 is 18.1 Å². The van der Waals surface area contributed by atoms with Crippen LogP contribution in [-0.2, 0) is 9.53 Å².